The second kappa shape index (κ2) is 7.11. The first-order valence-electron chi connectivity index (χ1n) is 8.05. The Morgan fingerprint density at radius 3 is 2.64 bits per heavy atom. The number of fused-ring (bicyclic) bond motifs is 1. The van der Waals surface area contributed by atoms with Gasteiger partial charge in [0.15, 0.2) is 0 Å². The average Bonchev–Trinajstić information content (AvgIpc) is 2.61. The van der Waals surface area contributed by atoms with Gasteiger partial charge in [0.1, 0.15) is 5.75 Å². The van der Waals surface area contributed by atoms with Crippen LogP contribution in [0.4, 0.5) is 5.69 Å². The Morgan fingerprint density at radius 2 is 1.88 bits per heavy atom. The standard InChI is InChI=1S/C19H20N2O3S/c1-3-10-25(22,23)21-15-8-9-17(19(11-15)24-2)18-13-20-12-14-6-4-5-7-16(14)18/h4-9,11-13,21H,3,10H2,1-2H3. The molecule has 6 heteroatoms. The van der Waals surface area contributed by atoms with Gasteiger partial charge in [0, 0.05) is 35.0 Å². The SMILES string of the molecule is CCCS(=O)(=O)Nc1ccc(-c2cncc3ccccc23)c(OC)c1. The molecule has 0 aliphatic carbocycles. The summed E-state index contributed by atoms with van der Waals surface area (Å²) in [6.07, 6.45) is 4.17. The molecule has 0 aliphatic heterocycles. The van der Waals surface area contributed by atoms with Gasteiger partial charge in [0.25, 0.3) is 0 Å². The zero-order valence-corrected chi connectivity index (χ0v) is 15.0. The third-order valence-corrected chi connectivity index (χ3v) is 5.40. The lowest BCUT2D eigenvalue weighted by molar-refractivity contribution is 0.416. The predicted molar refractivity (Wildman–Crippen MR) is 101 cm³/mol. The lowest BCUT2D eigenvalue weighted by Crippen LogP contribution is -2.16. The van der Waals surface area contributed by atoms with Crippen molar-refractivity contribution in [3.63, 3.8) is 0 Å². The summed E-state index contributed by atoms with van der Waals surface area (Å²) in [4.78, 5) is 4.30. The van der Waals surface area contributed by atoms with Gasteiger partial charge < -0.3 is 4.74 Å². The van der Waals surface area contributed by atoms with Crippen LogP contribution in [0.25, 0.3) is 21.9 Å². The van der Waals surface area contributed by atoms with Gasteiger partial charge in [-0.15, -0.1) is 0 Å². The highest BCUT2D eigenvalue weighted by atomic mass is 32.2. The number of nitrogens with one attached hydrogen (secondary N) is 1. The first kappa shape index (κ1) is 17.2. The lowest BCUT2D eigenvalue weighted by atomic mass is 10.00. The van der Waals surface area contributed by atoms with Crippen LogP contribution in [-0.2, 0) is 10.0 Å². The Balaban J connectivity index is 2.06. The number of hydrogen-bond donors (Lipinski definition) is 1. The van der Waals surface area contributed by atoms with Crippen LogP contribution in [0.3, 0.4) is 0 Å². The van der Waals surface area contributed by atoms with Gasteiger partial charge in [-0.05, 0) is 23.9 Å². The number of hydrogen-bond acceptors (Lipinski definition) is 4. The van der Waals surface area contributed by atoms with Crippen LogP contribution in [0, 0.1) is 0 Å². The largest absolute Gasteiger partial charge is 0.496 e. The fourth-order valence-corrected chi connectivity index (χ4v) is 3.93. The van der Waals surface area contributed by atoms with E-state index < -0.39 is 10.0 Å². The second-order valence-corrected chi connectivity index (χ2v) is 7.59. The third-order valence-electron chi connectivity index (χ3n) is 3.91. The van der Waals surface area contributed by atoms with Crippen molar-refractivity contribution in [3.8, 4) is 16.9 Å². The number of benzene rings is 2. The summed E-state index contributed by atoms with van der Waals surface area (Å²) >= 11 is 0. The summed E-state index contributed by atoms with van der Waals surface area (Å²) in [5.41, 5.74) is 2.30. The van der Waals surface area contributed by atoms with Crippen molar-refractivity contribution in [2.24, 2.45) is 0 Å². The molecule has 130 valence electrons. The first-order chi connectivity index (χ1) is 12.0. The summed E-state index contributed by atoms with van der Waals surface area (Å²) < 4.78 is 32.0. The Kier molecular flexibility index (Phi) is 4.90. The molecule has 3 aromatic rings. The maximum atomic E-state index is 12.0. The van der Waals surface area contributed by atoms with E-state index in [-0.39, 0.29) is 5.75 Å². The Bertz CT molecular complexity index is 995. The Hall–Kier alpha value is -2.60. The minimum atomic E-state index is -3.34. The van der Waals surface area contributed by atoms with E-state index >= 15 is 0 Å². The number of anilines is 1. The molecule has 3 rings (SSSR count). The summed E-state index contributed by atoms with van der Waals surface area (Å²) in [5.74, 6) is 0.680. The molecule has 0 bridgehead atoms. The zero-order valence-electron chi connectivity index (χ0n) is 14.2. The third kappa shape index (κ3) is 3.74. The van der Waals surface area contributed by atoms with Crippen LogP contribution in [0.1, 0.15) is 13.3 Å². The molecular formula is C19H20N2O3S. The molecule has 5 nitrogen and oxygen atoms in total. The lowest BCUT2D eigenvalue weighted by Gasteiger charge is -2.14. The monoisotopic (exact) mass is 356 g/mol. The number of ether oxygens (including phenoxy) is 1. The van der Waals surface area contributed by atoms with Gasteiger partial charge in [-0.25, -0.2) is 8.42 Å². The number of rotatable bonds is 6. The van der Waals surface area contributed by atoms with E-state index in [0.29, 0.717) is 17.9 Å². The van der Waals surface area contributed by atoms with Gasteiger partial charge in [-0.3, -0.25) is 9.71 Å². The maximum absolute atomic E-state index is 12.0. The van der Waals surface area contributed by atoms with E-state index in [1.165, 1.54) is 0 Å². The van der Waals surface area contributed by atoms with Crippen molar-refractivity contribution in [1.82, 2.24) is 4.98 Å². The molecule has 0 radical (unpaired) electrons. The Morgan fingerprint density at radius 1 is 1.08 bits per heavy atom. The van der Waals surface area contributed by atoms with Gasteiger partial charge in [-0.1, -0.05) is 31.2 Å². The summed E-state index contributed by atoms with van der Waals surface area (Å²) in [6.45, 7) is 1.83. The van der Waals surface area contributed by atoms with Gasteiger partial charge in [-0.2, -0.15) is 0 Å². The van der Waals surface area contributed by atoms with E-state index in [1.54, 1.807) is 25.4 Å². The Labute approximate surface area is 147 Å². The molecule has 2 aromatic carbocycles. The number of pyridine rings is 1. The molecule has 0 spiro atoms. The number of sulfonamides is 1. The van der Waals surface area contributed by atoms with Crippen molar-refractivity contribution >= 4 is 26.5 Å². The van der Waals surface area contributed by atoms with Crippen LogP contribution in [0.5, 0.6) is 5.75 Å². The molecule has 0 amide bonds. The van der Waals surface area contributed by atoms with Crippen LogP contribution in [0.15, 0.2) is 54.9 Å². The van der Waals surface area contributed by atoms with Crippen LogP contribution >= 0.6 is 0 Å². The molecule has 0 atom stereocenters. The van der Waals surface area contributed by atoms with Crippen LogP contribution in [-0.4, -0.2) is 26.3 Å². The van der Waals surface area contributed by atoms with E-state index in [9.17, 15) is 8.42 Å². The minimum absolute atomic E-state index is 0.0876. The van der Waals surface area contributed by atoms with Gasteiger partial charge in [0.2, 0.25) is 10.0 Å². The van der Waals surface area contributed by atoms with E-state index in [1.807, 2.05) is 43.5 Å². The molecule has 1 N–H and O–H groups in total. The molecule has 0 saturated heterocycles. The van der Waals surface area contributed by atoms with Crippen molar-refractivity contribution < 1.29 is 13.2 Å². The normalized spacial score (nSPS) is 11.4. The van der Waals surface area contributed by atoms with E-state index in [2.05, 4.69) is 9.71 Å². The number of nitrogens with zero attached hydrogens (tertiary/aromatic N) is 1. The highest BCUT2D eigenvalue weighted by Crippen LogP contribution is 2.36. The smallest absolute Gasteiger partial charge is 0.232 e. The maximum Gasteiger partial charge on any atom is 0.232 e. The van der Waals surface area contributed by atoms with Crippen LogP contribution in [0.2, 0.25) is 0 Å². The highest BCUT2D eigenvalue weighted by Gasteiger charge is 2.13. The first-order valence-corrected chi connectivity index (χ1v) is 9.71. The highest BCUT2D eigenvalue weighted by molar-refractivity contribution is 7.92. The van der Waals surface area contributed by atoms with E-state index in [4.69, 9.17) is 4.74 Å². The molecule has 1 aromatic heterocycles. The predicted octanol–water partition coefficient (Wildman–Crippen LogP) is 4.06. The van der Waals surface area contributed by atoms with Crippen molar-refractivity contribution in [2.75, 3.05) is 17.6 Å². The fourth-order valence-electron chi connectivity index (χ4n) is 2.81. The van der Waals surface area contributed by atoms with Crippen molar-refractivity contribution in [1.29, 1.82) is 0 Å². The number of aromatic nitrogens is 1. The van der Waals surface area contributed by atoms with Gasteiger partial charge in [0.05, 0.1) is 18.6 Å². The topological polar surface area (TPSA) is 68.3 Å². The zero-order chi connectivity index (χ0) is 17.9. The molecule has 0 saturated carbocycles. The van der Waals surface area contributed by atoms with Gasteiger partial charge >= 0.3 is 0 Å². The minimum Gasteiger partial charge on any atom is -0.496 e. The molecule has 0 unspecified atom stereocenters. The summed E-state index contributed by atoms with van der Waals surface area (Å²) in [7, 11) is -1.77. The molecule has 0 fully saturated rings. The average molecular weight is 356 g/mol. The number of methoxy groups -OCH3 is 1. The molecule has 25 heavy (non-hydrogen) atoms. The summed E-state index contributed by atoms with van der Waals surface area (Å²) in [6, 6.07) is 13.3. The molecule has 1 heterocycles. The second-order valence-electron chi connectivity index (χ2n) is 5.74. The molecule has 0 aliphatic rings. The van der Waals surface area contributed by atoms with Crippen molar-refractivity contribution in [2.45, 2.75) is 13.3 Å². The molecular weight excluding hydrogens is 336 g/mol. The van der Waals surface area contributed by atoms with E-state index in [0.717, 1.165) is 21.9 Å². The quantitative estimate of drug-likeness (QED) is 0.723. The fraction of sp³-hybridized carbons (Fsp3) is 0.211. The summed E-state index contributed by atoms with van der Waals surface area (Å²) in [5, 5.41) is 2.10. The van der Waals surface area contributed by atoms with Crippen molar-refractivity contribution in [3.05, 3.63) is 54.9 Å². The van der Waals surface area contributed by atoms with Crippen LogP contribution < -0.4 is 9.46 Å².